The number of rotatable bonds is 3. The van der Waals surface area contributed by atoms with Gasteiger partial charge in [0.1, 0.15) is 12.0 Å². The summed E-state index contributed by atoms with van der Waals surface area (Å²) in [6, 6.07) is 1.27. The first-order valence-corrected chi connectivity index (χ1v) is 3.60. The summed E-state index contributed by atoms with van der Waals surface area (Å²) < 4.78 is 9.67. The second kappa shape index (κ2) is 3.75. The van der Waals surface area contributed by atoms with Gasteiger partial charge in [0.15, 0.2) is 6.61 Å². The summed E-state index contributed by atoms with van der Waals surface area (Å²) in [4.78, 5) is 21.4. The van der Waals surface area contributed by atoms with Gasteiger partial charge in [-0.1, -0.05) is 0 Å². The zero-order chi connectivity index (χ0) is 9.84. The molecule has 0 unspecified atom stereocenters. The van der Waals surface area contributed by atoms with Crippen molar-refractivity contribution in [2.75, 3.05) is 6.61 Å². The molecule has 1 rings (SSSR count). The van der Waals surface area contributed by atoms with Crippen molar-refractivity contribution < 1.29 is 13.9 Å². The fourth-order valence-electron chi connectivity index (χ4n) is 0.748. The molecule has 0 spiro atoms. The van der Waals surface area contributed by atoms with Crippen molar-refractivity contribution in [1.82, 2.24) is 0 Å². The Hall–Kier alpha value is -1.78. The molecule has 13 heavy (non-hydrogen) atoms. The number of ether oxygens (including phenoxy) is 1. The van der Waals surface area contributed by atoms with Crippen LogP contribution in [0.2, 0.25) is 0 Å². The van der Waals surface area contributed by atoms with Crippen LogP contribution in [0.5, 0.6) is 5.75 Å². The molecule has 0 aliphatic rings. The van der Waals surface area contributed by atoms with Gasteiger partial charge in [-0.25, -0.2) is 0 Å². The molecule has 1 aromatic rings. The van der Waals surface area contributed by atoms with Gasteiger partial charge in [0.05, 0.1) is 0 Å². The van der Waals surface area contributed by atoms with Gasteiger partial charge in [-0.3, -0.25) is 9.59 Å². The Morgan fingerprint density at radius 3 is 2.92 bits per heavy atom. The molecule has 0 atom stereocenters. The maximum atomic E-state index is 11.1. The van der Waals surface area contributed by atoms with Crippen LogP contribution in [-0.4, -0.2) is 12.5 Å². The van der Waals surface area contributed by atoms with Crippen LogP contribution in [0.1, 0.15) is 5.76 Å². The van der Waals surface area contributed by atoms with Gasteiger partial charge in [-0.05, 0) is 6.92 Å². The van der Waals surface area contributed by atoms with Crippen LogP contribution in [0.3, 0.4) is 0 Å². The normalized spacial score (nSPS) is 9.62. The van der Waals surface area contributed by atoms with E-state index in [4.69, 9.17) is 14.9 Å². The summed E-state index contributed by atoms with van der Waals surface area (Å²) in [6.45, 7) is 1.31. The third-order valence-corrected chi connectivity index (χ3v) is 1.30. The predicted molar refractivity (Wildman–Crippen MR) is 44.4 cm³/mol. The van der Waals surface area contributed by atoms with E-state index in [-0.39, 0.29) is 17.8 Å². The van der Waals surface area contributed by atoms with E-state index in [1.54, 1.807) is 6.92 Å². The molecule has 1 heterocycles. The summed E-state index contributed by atoms with van der Waals surface area (Å²) in [5.74, 6) is -0.166. The highest BCUT2D eigenvalue weighted by Gasteiger charge is 2.03. The zero-order valence-electron chi connectivity index (χ0n) is 7.07. The molecule has 0 fully saturated rings. The second-order valence-electron chi connectivity index (χ2n) is 2.47. The summed E-state index contributed by atoms with van der Waals surface area (Å²) in [7, 11) is 0. The number of aryl methyl sites for hydroxylation is 1. The Labute approximate surface area is 74.1 Å². The first kappa shape index (κ1) is 9.31. The van der Waals surface area contributed by atoms with Crippen molar-refractivity contribution >= 4 is 5.91 Å². The Kier molecular flexibility index (Phi) is 2.69. The van der Waals surface area contributed by atoms with Crippen LogP contribution < -0.4 is 15.9 Å². The van der Waals surface area contributed by atoms with Gasteiger partial charge in [0, 0.05) is 6.07 Å². The van der Waals surface area contributed by atoms with Crippen LogP contribution in [0, 0.1) is 6.92 Å². The maximum Gasteiger partial charge on any atom is 0.255 e. The van der Waals surface area contributed by atoms with Gasteiger partial charge in [0.25, 0.3) is 5.91 Å². The van der Waals surface area contributed by atoms with E-state index in [0.29, 0.717) is 5.76 Å². The number of carbonyl (C=O) groups is 1. The Morgan fingerprint density at radius 1 is 1.69 bits per heavy atom. The molecule has 70 valence electrons. The lowest BCUT2D eigenvalue weighted by Crippen LogP contribution is -2.22. The van der Waals surface area contributed by atoms with E-state index >= 15 is 0 Å². The number of nitrogens with two attached hydrogens (primary N) is 1. The standard InChI is InChI=1S/C8H9NO4/c1-5-2-6(10)7(3-12-5)13-4-8(9)11/h2-3H,4H2,1H3,(H2,9,11). The van der Waals surface area contributed by atoms with Crippen molar-refractivity contribution in [1.29, 1.82) is 0 Å². The van der Waals surface area contributed by atoms with E-state index in [1.165, 1.54) is 6.07 Å². The average Bonchev–Trinajstić information content (AvgIpc) is 2.02. The minimum Gasteiger partial charge on any atom is -0.477 e. The molecule has 5 heteroatoms. The summed E-state index contributed by atoms with van der Waals surface area (Å²) in [6.07, 6.45) is 1.15. The monoisotopic (exact) mass is 183 g/mol. The van der Waals surface area contributed by atoms with Crippen LogP contribution in [0.15, 0.2) is 21.5 Å². The second-order valence-corrected chi connectivity index (χ2v) is 2.47. The number of hydrogen-bond acceptors (Lipinski definition) is 4. The highest BCUT2D eigenvalue weighted by atomic mass is 16.5. The molecule has 0 saturated carbocycles. The largest absolute Gasteiger partial charge is 0.477 e. The first-order valence-electron chi connectivity index (χ1n) is 3.60. The van der Waals surface area contributed by atoms with Gasteiger partial charge in [-0.15, -0.1) is 0 Å². The molecule has 0 aromatic carbocycles. The Morgan fingerprint density at radius 2 is 2.38 bits per heavy atom. The van der Waals surface area contributed by atoms with Crippen LogP contribution >= 0.6 is 0 Å². The molecular formula is C8H9NO4. The maximum absolute atomic E-state index is 11.1. The summed E-state index contributed by atoms with van der Waals surface area (Å²) in [5.41, 5.74) is 4.49. The third-order valence-electron chi connectivity index (χ3n) is 1.30. The number of amides is 1. The van der Waals surface area contributed by atoms with Crippen LogP contribution in [0.25, 0.3) is 0 Å². The Balaban J connectivity index is 2.78. The molecular weight excluding hydrogens is 174 g/mol. The molecule has 0 aliphatic heterocycles. The van der Waals surface area contributed by atoms with Crippen molar-refractivity contribution in [2.45, 2.75) is 6.92 Å². The molecule has 0 bridgehead atoms. The smallest absolute Gasteiger partial charge is 0.255 e. The Bertz CT molecular complexity index is 369. The van der Waals surface area contributed by atoms with Gasteiger partial charge >= 0.3 is 0 Å². The number of carbonyl (C=O) groups excluding carboxylic acids is 1. The topological polar surface area (TPSA) is 82.5 Å². The lowest BCUT2D eigenvalue weighted by molar-refractivity contribution is -0.119. The molecule has 0 radical (unpaired) electrons. The fourth-order valence-corrected chi connectivity index (χ4v) is 0.748. The SMILES string of the molecule is Cc1cc(=O)c(OCC(N)=O)co1. The van der Waals surface area contributed by atoms with E-state index in [0.717, 1.165) is 6.26 Å². The quantitative estimate of drug-likeness (QED) is 0.704. The first-order chi connectivity index (χ1) is 6.09. The van der Waals surface area contributed by atoms with Crippen LogP contribution in [-0.2, 0) is 4.79 Å². The van der Waals surface area contributed by atoms with Crippen molar-refractivity contribution in [2.24, 2.45) is 5.73 Å². The third kappa shape index (κ3) is 2.62. The highest BCUT2D eigenvalue weighted by molar-refractivity contribution is 5.75. The minimum atomic E-state index is -0.639. The van der Waals surface area contributed by atoms with E-state index < -0.39 is 5.91 Å². The number of primary amides is 1. The lowest BCUT2D eigenvalue weighted by atomic mass is 10.4. The van der Waals surface area contributed by atoms with E-state index in [2.05, 4.69) is 0 Å². The predicted octanol–water partition coefficient (Wildman–Crippen LogP) is -0.188. The molecule has 0 saturated heterocycles. The average molecular weight is 183 g/mol. The van der Waals surface area contributed by atoms with Crippen LogP contribution in [0.4, 0.5) is 0 Å². The van der Waals surface area contributed by atoms with E-state index in [1.807, 2.05) is 0 Å². The molecule has 1 amide bonds. The fraction of sp³-hybridized carbons (Fsp3) is 0.250. The van der Waals surface area contributed by atoms with Crippen molar-refractivity contribution in [3.63, 3.8) is 0 Å². The summed E-state index contributed by atoms with van der Waals surface area (Å²) >= 11 is 0. The van der Waals surface area contributed by atoms with Gasteiger partial charge in [0.2, 0.25) is 11.2 Å². The minimum absolute atomic E-state index is 0.00981. The molecule has 2 N–H and O–H groups in total. The zero-order valence-corrected chi connectivity index (χ0v) is 7.07. The van der Waals surface area contributed by atoms with Gasteiger partial charge < -0.3 is 14.9 Å². The highest BCUT2D eigenvalue weighted by Crippen LogP contribution is 2.03. The molecule has 0 aliphatic carbocycles. The molecule has 1 aromatic heterocycles. The van der Waals surface area contributed by atoms with Crippen molar-refractivity contribution in [3.05, 3.63) is 28.3 Å². The van der Waals surface area contributed by atoms with E-state index in [9.17, 15) is 9.59 Å². The molecule has 5 nitrogen and oxygen atoms in total. The number of hydrogen-bond donors (Lipinski definition) is 1. The summed E-state index contributed by atoms with van der Waals surface area (Å²) in [5, 5.41) is 0. The van der Waals surface area contributed by atoms with Gasteiger partial charge in [-0.2, -0.15) is 0 Å². The van der Waals surface area contributed by atoms with Crippen molar-refractivity contribution in [3.8, 4) is 5.75 Å². The lowest BCUT2D eigenvalue weighted by Gasteiger charge is -2.00.